The van der Waals surface area contributed by atoms with Crippen molar-refractivity contribution in [2.45, 2.75) is 24.9 Å². The van der Waals surface area contributed by atoms with Crippen molar-refractivity contribution in [2.75, 3.05) is 0 Å². The lowest BCUT2D eigenvalue weighted by atomic mass is 10.1. The lowest BCUT2D eigenvalue weighted by Crippen LogP contribution is -2.27. The third kappa shape index (κ3) is 3.34. The Kier molecular flexibility index (Phi) is 3.93. The van der Waals surface area contributed by atoms with Crippen LogP contribution in [-0.4, -0.2) is 18.4 Å². The third-order valence-corrected chi connectivity index (χ3v) is 4.34. The van der Waals surface area contributed by atoms with Crippen LogP contribution >= 0.6 is 11.6 Å². The zero-order chi connectivity index (χ0) is 14.0. The molecule has 0 saturated heterocycles. The molecule has 0 spiro atoms. The van der Waals surface area contributed by atoms with E-state index in [0.717, 1.165) is 5.56 Å². The first-order valence-corrected chi connectivity index (χ1v) is 7.54. The fourth-order valence-corrected chi connectivity index (χ4v) is 3.08. The fourth-order valence-electron chi connectivity index (χ4n) is 1.68. The van der Waals surface area contributed by atoms with Gasteiger partial charge in [-0.3, -0.25) is 0 Å². The summed E-state index contributed by atoms with van der Waals surface area (Å²) in [5, 5.41) is 0.625. The van der Waals surface area contributed by atoms with E-state index >= 15 is 0 Å². The number of aromatic nitrogens is 2. The van der Waals surface area contributed by atoms with Gasteiger partial charge < -0.3 is 4.98 Å². The normalized spacial score (nSPS) is 13.4. The molecule has 0 saturated carbocycles. The topological polar surface area (TPSA) is 74.8 Å². The van der Waals surface area contributed by atoms with Crippen molar-refractivity contribution in [1.82, 2.24) is 14.7 Å². The number of nitrogens with one attached hydrogen (secondary N) is 2. The van der Waals surface area contributed by atoms with Gasteiger partial charge in [0.1, 0.15) is 5.82 Å². The highest BCUT2D eigenvalue weighted by Crippen LogP contribution is 2.19. The largest absolute Gasteiger partial charge is 0.332 e. The van der Waals surface area contributed by atoms with Crippen molar-refractivity contribution in [3.05, 3.63) is 46.9 Å². The zero-order valence-electron chi connectivity index (χ0n) is 10.5. The van der Waals surface area contributed by atoms with Crippen molar-refractivity contribution in [3.8, 4) is 0 Å². The molecule has 1 aromatic heterocycles. The molecule has 102 valence electrons. The number of hydrogen-bond donors (Lipinski definition) is 2. The lowest BCUT2D eigenvalue weighted by Gasteiger charge is -2.13. The van der Waals surface area contributed by atoms with Crippen LogP contribution in [0.5, 0.6) is 0 Å². The van der Waals surface area contributed by atoms with Crippen LogP contribution in [0.15, 0.2) is 35.5 Å². The maximum atomic E-state index is 12.1. The molecule has 5 nitrogen and oxygen atoms in total. The Hall–Kier alpha value is -1.37. The van der Waals surface area contributed by atoms with Gasteiger partial charge in [0.05, 0.1) is 6.20 Å². The van der Waals surface area contributed by atoms with Crippen molar-refractivity contribution in [1.29, 1.82) is 0 Å². The number of benzene rings is 1. The number of imidazole rings is 1. The van der Waals surface area contributed by atoms with Crippen LogP contribution in [0.4, 0.5) is 0 Å². The van der Waals surface area contributed by atoms with Gasteiger partial charge in [-0.15, -0.1) is 0 Å². The Morgan fingerprint density at radius 2 is 2.16 bits per heavy atom. The molecule has 0 amide bonds. The highest BCUT2D eigenvalue weighted by atomic mass is 35.5. The summed E-state index contributed by atoms with van der Waals surface area (Å²) >= 11 is 5.89. The minimum absolute atomic E-state index is 0.0545. The Morgan fingerprint density at radius 3 is 2.74 bits per heavy atom. The first kappa shape index (κ1) is 14.0. The van der Waals surface area contributed by atoms with Crippen molar-refractivity contribution in [2.24, 2.45) is 0 Å². The second kappa shape index (κ2) is 5.32. The molecule has 1 atom stereocenters. The summed E-state index contributed by atoms with van der Waals surface area (Å²) in [6.45, 7) is 3.45. The van der Waals surface area contributed by atoms with Crippen molar-refractivity contribution in [3.63, 3.8) is 0 Å². The third-order valence-electron chi connectivity index (χ3n) is 2.65. The van der Waals surface area contributed by atoms with E-state index in [1.54, 1.807) is 32.0 Å². The molecular weight excluding hydrogens is 286 g/mol. The molecule has 0 radical (unpaired) electrons. The predicted octanol–water partition coefficient (Wildman–Crippen LogP) is 2.41. The quantitative estimate of drug-likeness (QED) is 0.910. The van der Waals surface area contributed by atoms with E-state index in [0.29, 0.717) is 10.8 Å². The van der Waals surface area contributed by atoms with Gasteiger partial charge in [0.15, 0.2) is 5.03 Å². The van der Waals surface area contributed by atoms with Crippen molar-refractivity contribution < 1.29 is 8.42 Å². The average Bonchev–Trinajstić information content (AvgIpc) is 2.76. The standard InChI is InChI=1S/C12H14ClN3O2S/c1-8(10-4-3-5-11(13)6-10)16-19(17,18)12-7-14-9(2)15-12/h3-8,16H,1-2H3,(H,14,15). The maximum Gasteiger partial charge on any atom is 0.258 e. The molecule has 19 heavy (non-hydrogen) atoms. The summed E-state index contributed by atoms with van der Waals surface area (Å²) < 4.78 is 26.8. The zero-order valence-corrected chi connectivity index (χ0v) is 12.1. The number of rotatable bonds is 4. The Balaban J connectivity index is 2.21. The smallest absolute Gasteiger partial charge is 0.258 e. The minimum atomic E-state index is -3.61. The van der Waals surface area contributed by atoms with Crippen LogP contribution in [0.25, 0.3) is 0 Å². The van der Waals surface area contributed by atoms with E-state index in [4.69, 9.17) is 11.6 Å². The monoisotopic (exact) mass is 299 g/mol. The number of aromatic amines is 1. The van der Waals surface area contributed by atoms with Crippen LogP contribution in [-0.2, 0) is 10.0 Å². The first-order valence-electron chi connectivity index (χ1n) is 5.68. The van der Waals surface area contributed by atoms with E-state index in [1.165, 1.54) is 6.20 Å². The van der Waals surface area contributed by atoms with E-state index in [1.807, 2.05) is 6.07 Å². The van der Waals surface area contributed by atoms with E-state index in [-0.39, 0.29) is 11.1 Å². The Bertz CT molecular complexity index is 682. The summed E-state index contributed by atoms with van der Waals surface area (Å²) in [5.74, 6) is 0.552. The SMILES string of the molecule is Cc1ncc(S(=O)(=O)NC(C)c2cccc(Cl)c2)[nH]1. The van der Waals surface area contributed by atoms with Crippen LogP contribution < -0.4 is 4.72 Å². The van der Waals surface area contributed by atoms with Gasteiger partial charge >= 0.3 is 0 Å². The molecule has 2 aromatic rings. The van der Waals surface area contributed by atoms with Gasteiger partial charge in [-0.25, -0.2) is 18.1 Å². The number of aryl methyl sites for hydroxylation is 1. The number of nitrogens with zero attached hydrogens (tertiary/aromatic N) is 1. The Labute approximate surface area is 117 Å². The molecule has 2 rings (SSSR count). The Morgan fingerprint density at radius 1 is 1.42 bits per heavy atom. The number of hydrogen-bond acceptors (Lipinski definition) is 3. The fraction of sp³-hybridized carbons (Fsp3) is 0.250. The molecule has 0 aliphatic carbocycles. The molecule has 1 unspecified atom stereocenters. The van der Waals surface area contributed by atoms with Gasteiger partial charge in [0.2, 0.25) is 0 Å². The number of halogens is 1. The van der Waals surface area contributed by atoms with Gasteiger partial charge in [-0.05, 0) is 31.5 Å². The molecule has 2 N–H and O–H groups in total. The molecule has 1 aromatic carbocycles. The van der Waals surface area contributed by atoms with Gasteiger partial charge in [-0.2, -0.15) is 0 Å². The number of H-pyrrole nitrogens is 1. The summed E-state index contributed by atoms with van der Waals surface area (Å²) in [5.41, 5.74) is 0.798. The molecule has 0 aliphatic heterocycles. The average molecular weight is 300 g/mol. The summed E-state index contributed by atoms with van der Waals surface area (Å²) in [7, 11) is -3.61. The second-order valence-electron chi connectivity index (χ2n) is 4.23. The predicted molar refractivity (Wildman–Crippen MR) is 73.5 cm³/mol. The molecular formula is C12H14ClN3O2S. The molecule has 1 heterocycles. The summed E-state index contributed by atoms with van der Waals surface area (Å²) in [6, 6.07) is 6.68. The molecule has 0 aliphatic rings. The van der Waals surface area contributed by atoms with Crippen LogP contribution in [0.1, 0.15) is 24.4 Å². The van der Waals surface area contributed by atoms with Crippen LogP contribution in [0.3, 0.4) is 0 Å². The highest BCUT2D eigenvalue weighted by Gasteiger charge is 2.20. The van der Waals surface area contributed by atoms with Crippen LogP contribution in [0, 0.1) is 6.92 Å². The second-order valence-corrected chi connectivity index (χ2v) is 6.35. The molecule has 7 heteroatoms. The van der Waals surface area contributed by atoms with Gasteiger partial charge in [0, 0.05) is 11.1 Å². The van der Waals surface area contributed by atoms with Crippen LogP contribution in [0.2, 0.25) is 5.02 Å². The summed E-state index contributed by atoms with van der Waals surface area (Å²) in [6.07, 6.45) is 1.29. The van der Waals surface area contributed by atoms with E-state index in [9.17, 15) is 8.42 Å². The molecule has 0 fully saturated rings. The van der Waals surface area contributed by atoms with Gasteiger partial charge in [0.25, 0.3) is 10.0 Å². The van der Waals surface area contributed by atoms with E-state index in [2.05, 4.69) is 14.7 Å². The first-order chi connectivity index (χ1) is 8.88. The summed E-state index contributed by atoms with van der Waals surface area (Å²) in [4.78, 5) is 6.58. The highest BCUT2D eigenvalue weighted by molar-refractivity contribution is 7.89. The van der Waals surface area contributed by atoms with Crippen molar-refractivity contribution >= 4 is 21.6 Å². The molecule has 0 bridgehead atoms. The van der Waals surface area contributed by atoms with E-state index < -0.39 is 10.0 Å². The maximum absolute atomic E-state index is 12.1. The lowest BCUT2D eigenvalue weighted by molar-refractivity contribution is 0.563. The number of sulfonamides is 1. The van der Waals surface area contributed by atoms with Gasteiger partial charge in [-0.1, -0.05) is 23.7 Å². The minimum Gasteiger partial charge on any atom is -0.332 e.